The summed E-state index contributed by atoms with van der Waals surface area (Å²) in [6.07, 6.45) is 16.3. The number of morpholine rings is 1. The van der Waals surface area contributed by atoms with Crippen molar-refractivity contribution in [1.29, 1.82) is 0 Å². The number of aliphatic imine (C=N–C) groups is 1. The molecule has 2 aliphatic heterocycles. The van der Waals surface area contributed by atoms with Crippen LogP contribution < -0.4 is 11.1 Å². The predicted molar refractivity (Wildman–Crippen MR) is 164 cm³/mol. The summed E-state index contributed by atoms with van der Waals surface area (Å²) in [5.41, 5.74) is 13.7. The monoisotopic (exact) mass is 538 g/mol. The number of allylic oxidation sites excluding steroid dienone is 8. The van der Waals surface area contributed by atoms with Gasteiger partial charge in [-0.1, -0.05) is 72.7 Å². The van der Waals surface area contributed by atoms with Gasteiger partial charge in [-0.15, -0.1) is 0 Å². The smallest absolute Gasteiger partial charge is 0.255 e. The fraction of sp³-hybridized carbons (Fsp3) is 0.484. The molecule has 2 heterocycles. The third-order valence-electron chi connectivity index (χ3n) is 6.64. The fourth-order valence-electron chi connectivity index (χ4n) is 3.97. The first-order valence-electron chi connectivity index (χ1n) is 13.7. The Morgan fingerprint density at radius 2 is 1.87 bits per heavy atom. The summed E-state index contributed by atoms with van der Waals surface area (Å²) in [7, 11) is 0. The SMILES string of the molecule is C/C=C(/CSC1=NC=C(CN2CCOCC2)CC=C1N)C/C(=C\C)NC(=O)C1=CCC(C)=C(C)C=C1.CC. The first kappa shape index (κ1) is 31.6. The maximum atomic E-state index is 12.9. The summed E-state index contributed by atoms with van der Waals surface area (Å²) in [5.74, 6) is 0.692. The number of nitrogens with zero attached hydrogens (tertiary/aromatic N) is 2. The lowest BCUT2D eigenvalue weighted by Crippen LogP contribution is -2.37. The number of thioether (sulfide) groups is 1. The second kappa shape index (κ2) is 17.1. The molecule has 3 N–H and O–H groups in total. The van der Waals surface area contributed by atoms with Gasteiger partial charge in [0, 0.05) is 49.3 Å². The number of amides is 1. The Bertz CT molecular complexity index is 1070. The lowest BCUT2D eigenvalue weighted by atomic mass is 10.1. The predicted octanol–water partition coefficient (Wildman–Crippen LogP) is 6.19. The zero-order chi connectivity index (χ0) is 27.9. The fourth-order valence-corrected chi connectivity index (χ4v) is 4.94. The normalized spacial score (nSPS) is 19.3. The van der Waals surface area contributed by atoms with Crippen molar-refractivity contribution in [2.75, 3.05) is 38.6 Å². The van der Waals surface area contributed by atoms with Gasteiger partial charge in [-0.3, -0.25) is 9.69 Å². The van der Waals surface area contributed by atoms with Gasteiger partial charge in [0.2, 0.25) is 0 Å². The van der Waals surface area contributed by atoms with Crippen LogP contribution >= 0.6 is 11.8 Å². The van der Waals surface area contributed by atoms with E-state index in [0.717, 1.165) is 67.9 Å². The van der Waals surface area contributed by atoms with Crippen LogP contribution in [-0.2, 0) is 9.53 Å². The standard InChI is InChI=1S/C29H40N4O2S.C2H6/c1-5-23(17-26(6-2)32-28(34)25-10-7-21(3)22(4)8-11-25)20-36-29-27(30)12-9-24(18-31-29)19-33-13-15-35-16-14-33;1-2/h5-7,10-12,18H,8-9,13-17,19-20,30H2,1-4H3,(H,32,34);1-2H3/b23-5+,26-6+;. The summed E-state index contributed by atoms with van der Waals surface area (Å²) >= 11 is 1.64. The largest absolute Gasteiger partial charge is 0.397 e. The molecule has 0 bridgehead atoms. The van der Waals surface area contributed by atoms with E-state index in [9.17, 15) is 4.79 Å². The quantitative estimate of drug-likeness (QED) is 0.361. The van der Waals surface area contributed by atoms with E-state index >= 15 is 0 Å². The van der Waals surface area contributed by atoms with E-state index in [4.69, 9.17) is 15.5 Å². The highest BCUT2D eigenvalue weighted by molar-refractivity contribution is 8.14. The molecule has 0 atom stereocenters. The molecule has 0 aromatic rings. The molecule has 1 aliphatic carbocycles. The van der Waals surface area contributed by atoms with Gasteiger partial charge in [0.1, 0.15) is 5.04 Å². The molecule has 3 rings (SSSR count). The number of hydrogen-bond acceptors (Lipinski definition) is 6. The van der Waals surface area contributed by atoms with E-state index in [1.807, 2.05) is 58.2 Å². The second-order valence-corrected chi connectivity index (χ2v) is 10.3. The van der Waals surface area contributed by atoms with Crippen molar-refractivity contribution >= 4 is 22.7 Å². The molecule has 208 valence electrons. The molecule has 7 heteroatoms. The minimum atomic E-state index is -0.0665. The average Bonchev–Trinajstić information content (AvgIpc) is 3.22. The highest BCUT2D eigenvalue weighted by Crippen LogP contribution is 2.23. The van der Waals surface area contributed by atoms with Gasteiger partial charge in [0.05, 0.1) is 18.9 Å². The van der Waals surface area contributed by atoms with Crippen LogP contribution in [-0.4, -0.2) is 54.5 Å². The Hall–Kier alpha value is -2.61. The van der Waals surface area contributed by atoms with E-state index in [1.54, 1.807) is 11.8 Å². The van der Waals surface area contributed by atoms with Crippen LogP contribution in [0.15, 0.2) is 86.9 Å². The maximum absolute atomic E-state index is 12.9. The van der Waals surface area contributed by atoms with Crippen molar-refractivity contribution in [3.05, 3.63) is 81.9 Å². The highest BCUT2D eigenvalue weighted by atomic mass is 32.2. The van der Waals surface area contributed by atoms with E-state index in [2.05, 4.69) is 36.2 Å². The molecular formula is C31H46N4O2S. The molecule has 0 aromatic heterocycles. The van der Waals surface area contributed by atoms with Crippen molar-refractivity contribution in [3.8, 4) is 0 Å². The first-order chi connectivity index (χ1) is 18.4. The molecule has 6 nitrogen and oxygen atoms in total. The zero-order valence-electron chi connectivity index (χ0n) is 24.1. The lowest BCUT2D eigenvalue weighted by Gasteiger charge is -2.27. The summed E-state index contributed by atoms with van der Waals surface area (Å²) in [4.78, 5) is 20.0. The van der Waals surface area contributed by atoms with E-state index in [-0.39, 0.29) is 5.91 Å². The Labute approximate surface area is 234 Å². The van der Waals surface area contributed by atoms with Crippen LogP contribution in [0.1, 0.15) is 60.8 Å². The van der Waals surface area contributed by atoms with Gasteiger partial charge in [0.15, 0.2) is 0 Å². The summed E-state index contributed by atoms with van der Waals surface area (Å²) in [5, 5.41) is 3.96. The van der Waals surface area contributed by atoms with E-state index in [0.29, 0.717) is 12.0 Å². The van der Waals surface area contributed by atoms with Crippen LogP contribution in [0.2, 0.25) is 0 Å². The van der Waals surface area contributed by atoms with Crippen molar-refractivity contribution in [1.82, 2.24) is 10.2 Å². The lowest BCUT2D eigenvalue weighted by molar-refractivity contribution is -0.116. The number of rotatable bonds is 8. The summed E-state index contributed by atoms with van der Waals surface area (Å²) < 4.78 is 5.45. The number of hydrogen-bond donors (Lipinski definition) is 2. The molecule has 1 amide bonds. The van der Waals surface area contributed by atoms with Crippen LogP contribution in [0.4, 0.5) is 0 Å². The van der Waals surface area contributed by atoms with Crippen LogP contribution in [0.3, 0.4) is 0 Å². The van der Waals surface area contributed by atoms with Crippen molar-refractivity contribution in [3.63, 3.8) is 0 Å². The van der Waals surface area contributed by atoms with Gasteiger partial charge < -0.3 is 15.8 Å². The summed E-state index contributed by atoms with van der Waals surface area (Å²) in [6.45, 7) is 16.6. The van der Waals surface area contributed by atoms with Gasteiger partial charge in [-0.05, 0) is 52.2 Å². The molecule has 0 spiro atoms. The van der Waals surface area contributed by atoms with E-state index in [1.165, 1.54) is 22.3 Å². The number of nitrogens with one attached hydrogen (secondary N) is 1. The molecule has 38 heavy (non-hydrogen) atoms. The van der Waals surface area contributed by atoms with Gasteiger partial charge in [-0.2, -0.15) is 0 Å². The molecule has 0 aromatic carbocycles. The first-order valence-corrected chi connectivity index (χ1v) is 14.7. The molecular weight excluding hydrogens is 492 g/mol. The Balaban J connectivity index is 0.00000247. The van der Waals surface area contributed by atoms with Gasteiger partial charge >= 0.3 is 0 Å². The molecule has 0 unspecified atom stereocenters. The summed E-state index contributed by atoms with van der Waals surface area (Å²) in [6, 6.07) is 0. The van der Waals surface area contributed by atoms with E-state index < -0.39 is 0 Å². The molecule has 1 saturated heterocycles. The molecule has 0 saturated carbocycles. The third-order valence-corrected chi connectivity index (χ3v) is 7.77. The van der Waals surface area contributed by atoms with Crippen molar-refractivity contribution < 1.29 is 9.53 Å². The minimum absolute atomic E-state index is 0.0665. The Kier molecular flexibility index (Phi) is 14.2. The number of carbonyl (C=O) groups is 1. The number of carbonyl (C=O) groups excluding carboxylic acids is 1. The molecule has 3 aliphatic rings. The highest BCUT2D eigenvalue weighted by Gasteiger charge is 2.16. The minimum Gasteiger partial charge on any atom is -0.397 e. The maximum Gasteiger partial charge on any atom is 0.255 e. The van der Waals surface area contributed by atoms with Gasteiger partial charge in [-0.25, -0.2) is 4.99 Å². The third kappa shape index (κ3) is 10.3. The van der Waals surface area contributed by atoms with Crippen molar-refractivity contribution in [2.45, 2.75) is 60.8 Å². The van der Waals surface area contributed by atoms with Crippen LogP contribution in [0.25, 0.3) is 0 Å². The van der Waals surface area contributed by atoms with Crippen molar-refractivity contribution in [2.24, 2.45) is 10.7 Å². The zero-order valence-corrected chi connectivity index (χ0v) is 24.9. The number of nitrogens with two attached hydrogens (primary N) is 1. The Morgan fingerprint density at radius 3 is 2.55 bits per heavy atom. The average molecular weight is 539 g/mol. The molecule has 1 fully saturated rings. The Morgan fingerprint density at radius 1 is 1.13 bits per heavy atom. The van der Waals surface area contributed by atoms with Crippen LogP contribution in [0.5, 0.6) is 0 Å². The number of ether oxygens (including phenoxy) is 1. The molecule has 0 radical (unpaired) electrons. The topological polar surface area (TPSA) is 79.9 Å². The second-order valence-electron chi connectivity index (χ2n) is 9.31. The van der Waals surface area contributed by atoms with Crippen LogP contribution in [0, 0.1) is 0 Å². The van der Waals surface area contributed by atoms with Gasteiger partial charge in [0.25, 0.3) is 5.91 Å².